The molecule has 0 aromatic heterocycles. The van der Waals surface area contributed by atoms with Gasteiger partial charge >= 0.3 is 0 Å². The van der Waals surface area contributed by atoms with E-state index in [-0.39, 0.29) is 11.1 Å². The zero-order chi connectivity index (χ0) is 18.8. The van der Waals surface area contributed by atoms with Gasteiger partial charge in [-0.15, -0.1) is 0 Å². The van der Waals surface area contributed by atoms with Gasteiger partial charge < -0.3 is 5.73 Å². The van der Waals surface area contributed by atoms with E-state index in [4.69, 9.17) is 5.73 Å². The van der Waals surface area contributed by atoms with Crippen molar-refractivity contribution in [2.75, 3.05) is 12.8 Å². The van der Waals surface area contributed by atoms with E-state index in [1.807, 2.05) is 19.9 Å². The lowest BCUT2D eigenvalue weighted by Gasteiger charge is -2.21. The Morgan fingerprint density at radius 1 is 1.08 bits per heavy atom. The lowest BCUT2D eigenvalue weighted by molar-refractivity contribution is 0.597. The van der Waals surface area contributed by atoms with E-state index in [0.717, 1.165) is 24.8 Å². The normalized spacial score (nSPS) is 16.0. The van der Waals surface area contributed by atoms with Crippen molar-refractivity contribution in [1.29, 1.82) is 0 Å². The second-order valence-corrected chi connectivity index (χ2v) is 6.55. The summed E-state index contributed by atoms with van der Waals surface area (Å²) in [6.07, 6.45) is 4.36. The van der Waals surface area contributed by atoms with Crippen molar-refractivity contribution in [2.45, 2.75) is 44.3 Å². The highest BCUT2D eigenvalue weighted by molar-refractivity contribution is 7.81. The van der Waals surface area contributed by atoms with Crippen LogP contribution < -0.4 is 5.73 Å². The van der Waals surface area contributed by atoms with Gasteiger partial charge in [-0.2, -0.15) is 25.3 Å². The number of hydrogen-bond donors (Lipinski definition) is 3. The van der Waals surface area contributed by atoms with Crippen LogP contribution in [-0.4, -0.2) is 18.1 Å². The zero-order valence-electron chi connectivity index (χ0n) is 15.4. The molecule has 0 amide bonds. The first kappa shape index (κ1) is 22.1. The zero-order valence-corrected chi connectivity index (χ0v) is 17.2. The average Bonchev–Trinajstić information content (AvgIpc) is 2.81. The number of hydrogen-bond acceptors (Lipinski definition) is 3. The molecule has 0 radical (unpaired) electrons. The molecule has 0 saturated carbocycles. The van der Waals surface area contributed by atoms with Crippen LogP contribution in [0.4, 0.5) is 4.39 Å². The SMILES string of the molecule is CC.CS.NCC(S)CC1Cc2cc(F)ccc2Cc2ccccc21. The third-order valence-electron chi connectivity index (χ3n) is 4.34. The van der Waals surface area contributed by atoms with Gasteiger partial charge in [0.05, 0.1) is 0 Å². The van der Waals surface area contributed by atoms with Crippen LogP contribution >= 0.6 is 25.3 Å². The highest BCUT2D eigenvalue weighted by Gasteiger charge is 2.23. The second kappa shape index (κ2) is 11.6. The Labute approximate surface area is 163 Å². The van der Waals surface area contributed by atoms with Gasteiger partial charge in [-0.1, -0.05) is 44.2 Å². The summed E-state index contributed by atoms with van der Waals surface area (Å²) < 4.78 is 13.6. The number of halogens is 1. The summed E-state index contributed by atoms with van der Waals surface area (Å²) >= 11 is 8.09. The van der Waals surface area contributed by atoms with Gasteiger partial charge in [0, 0.05) is 11.8 Å². The number of thiol groups is 2. The summed E-state index contributed by atoms with van der Waals surface area (Å²) in [5.41, 5.74) is 10.8. The van der Waals surface area contributed by atoms with E-state index >= 15 is 0 Å². The van der Waals surface area contributed by atoms with E-state index in [0.29, 0.717) is 12.5 Å². The van der Waals surface area contributed by atoms with E-state index in [1.165, 1.54) is 16.7 Å². The molecule has 2 unspecified atom stereocenters. The fraction of sp³-hybridized carbons (Fsp3) is 0.429. The first-order valence-corrected chi connectivity index (χ1v) is 10.3. The minimum atomic E-state index is -0.153. The molecule has 2 aromatic rings. The summed E-state index contributed by atoms with van der Waals surface area (Å²) in [6, 6.07) is 13.7. The Morgan fingerprint density at radius 3 is 2.44 bits per heavy atom. The maximum absolute atomic E-state index is 13.6. The maximum atomic E-state index is 13.6. The molecule has 0 saturated heterocycles. The van der Waals surface area contributed by atoms with E-state index < -0.39 is 0 Å². The molecule has 138 valence electrons. The van der Waals surface area contributed by atoms with Crippen molar-refractivity contribution in [1.82, 2.24) is 0 Å². The minimum Gasteiger partial charge on any atom is -0.329 e. The molecule has 0 fully saturated rings. The molecule has 1 aliphatic carbocycles. The van der Waals surface area contributed by atoms with Crippen LogP contribution in [0.15, 0.2) is 42.5 Å². The molecule has 1 aliphatic rings. The number of fused-ring (bicyclic) bond motifs is 2. The Bertz CT molecular complexity index is 646. The minimum absolute atomic E-state index is 0.153. The molecule has 0 aliphatic heterocycles. The van der Waals surface area contributed by atoms with Crippen molar-refractivity contribution in [3.05, 3.63) is 70.5 Å². The summed E-state index contributed by atoms with van der Waals surface area (Å²) in [7, 11) is 0. The van der Waals surface area contributed by atoms with Crippen LogP contribution in [0.5, 0.6) is 0 Å². The van der Waals surface area contributed by atoms with Crippen molar-refractivity contribution in [2.24, 2.45) is 5.73 Å². The fourth-order valence-corrected chi connectivity index (χ4v) is 3.52. The van der Waals surface area contributed by atoms with Crippen molar-refractivity contribution in [3.63, 3.8) is 0 Å². The van der Waals surface area contributed by atoms with Crippen molar-refractivity contribution >= 4 is 25.3 Å². The highest BCUT2D eigenvalue weighted by Crippen LogP contribution is 2.35. The molecule has 2 N–H and O–H groups in total. The summed E-state index contributed by atoms with van der Waals surface area (Å²) in [6.45, 7) is 4.57. The lowest BCUT2D eigenvalue weighted by atomic mass is 9.87. The van der Waals surface area contributed by atoms with Gasteiger partial charge in [-0.05, 0) is 65.8 Å². The fourth-order valence-electron chi connectivity index (χ4n) is 3.27. The largest absolute Gasteiger partial charge is 0.329 e. The van der Waals surface area contributed by atoms with Crippen LogP contribution in [-0.2, 0) is 12.8 Å². The van der Waals surface area contributed by atoms with Gasteiger partial charge in [0.15, 0.2) is 0 Å². The Morgan fingerprint density at radius 2 is 1.76 bits per heavy atom. The van der Waals surface area contributed by atoms with Gasteiger partial charge in [-0.3, -0.25) is 0 Å². The topological polar surface area (TPSA) is 26.0 Å². The molecule has 3 rings (SSSR count). The van der Waals surface area contributed by atoms with Crippen LogP contribution in [0, 0.1) is 5.82 Å². The Balaban J connectivity index is 0.000000730. The molecule has 25 heavy (non-hydrogen) atoms. The lowest BCUT2D eigenvalue weighted by Crippen LogP contribution is -2.18. The van der Waals surface area contributed by atoms with E-state index in [2.05, 4.69) is 49.5 Å². The molecule has 2 atom stereocenters. The molecule has 4 heteroatoms. The Kier molecular flexibility index (Phi) is 10.2. The van der Waals surface area contributed by atoms with E-state index in [1.54, 1.807) is 18.4 Å². The summed E-state index contributed by atoms with van der Waals surface area (Å²) in [4.78, 5) is 0. The summed E-state index contributed by atoms with van der Waals surface area (Å²) in [5.74, 6) is 0.204. The van der Waals surface area contributed by atoms with Crippen molar-refractivity contribution < 1.29 is 4.39 Å². The van der Waals surface area contributed by atoms with E-state index in [9.17, 15) is 4.39 Å². The van der Waals surface area contributed by atoms with Crippen LogP contribution in [0.25, 0.3) is 0 Å². The monoisotopic (exact) mass is 379 g/mol. The first-order chi connectivity index (χ1) is 12.2. The van der Waals surface area contributed by atoms with Gasteiger partial charge in [0.2, 0.25) is 0 Å². The highest BCUT2D eigenvalue weighted by atomic mass is 32.1. The predicted octanol–water partition coefficient (Wildman–Crippen LogP) is 5.28. The molecule has 0 bridgehead atoms. The smallest absolute Gasteiger partial charge is 0.123 e. The summed E-state index contributed by atoms with van der Waals surface area (Å²) in [5, 5.41) is 0.179. The molecule has 1 nitrogen and oxygen atoms in total. The molecular formula is C21H30FNS2. The molecule has 0 heterocycles. The number of nitrogens with two attached hydrogens (primary N) is 1. The molecular weight excluding hydrogens is 349 g/mol. The quantitative estimate of drug-likeness (QED) is 0.622. The first-order valence-electron chi connectivity index (χ1n) is 8.85. The third-order valence-corrected chi connectivity index (χ3v) is 4.76. The predicted molar refractivity (Wildman–Crippen MR) is 115 cm³/mol. The van der Waals surface area contributed by atoms with Gasteiger partial charge in [-0.25, -0.2) is 4.39 Å². The molecule has 0 spiro atoms. The second-order valence-electron chi connectivity index (χ2n) is 5.81. The third kappa shape index (κ3) is 6.05. The standard InChI is InChI=1S/C18H20FNS.C2H6.CH4S/c19-16-6-5-12-7-13-3-1-2-4-18(13)15(8-14(12)9-16)10-17(21)11-20;2*1-2/h1-6,9,15,17,21H,7-8,10-11,20H2;1-2H3;2H,1H3. The average molecular weight is 380 g/mol. The van der Waals surface area contributed by atoms with Gasteiger partial charge in [0.25, 0.3) is 0 Å². The van der Waals surface area contributed by atoms with Crippen molar-refractivity contribution in [3.8, 4) is 0 Å². The van der Waals surface area contributed by atoms with Crippen LogP contribution in [0.2, 0.25) is 0 Å². The maximum Gasteiger partial charge on any atom is 0.123 e. The van der Waals surface area contributed by atoms with Gasteiger partial charge in [0.1, 0.15) is 5.82 Å². The van der Waals surface area contributed by atoms with Crippen LogP contribution in [0.3, 0.4) is 0 Å². The Hall–Kier alpha value is -0.970. The number of rotatable bonds is 3. The molecule has 2 aromatic carbocycles. The number of benzene rings is 2. The van der Waals surface area contributed by atoms with Crippen LogP contribution in [0.1, 0.15) is 48.4 Å².